The van der Waals surface area contributed by atoms with Crippen LogP contribution in [0, 0.1) is 11.6 Å². The van der Waals surface area contributed by atoms with Crippen LogP contribution in [0.4, 0.5) is 14.5 Å². The monoisotopic (exact) mass is 371 g/mol. The van der Waals surface area contributed by atoms with E-state index in [9.17, 15) is 13.6 Å². The summed E-state index contributed by atoms with van der Waals surface area (Å²) in [5.74, 6) is -1.52. The minimum Gasteiger partial charge on any atom is -0.459 e. The smallest absolute Gasteiger partial charge is 0.202 e. The van der Waals surface area contributed by atoms with Crippen molar-refractivity contribution in [1.82, 2.24) is 0 Å². The zero-order valence-corrected chi connectivity index (χ0v) is 14.8. The van der Waals surface area contributed by atoms with E-state index in [1.807, 2.05) is 6.92 Å². The molecule has 8 heteroatoms. The molecule has 0 bridgehead atoms. The van der Waals surface area contributed by atoms with Gasteiger partial charge in [0.25, 0.3) is 0 Å². The summed E-state index contributed by atoms with van der Waals surface area (Å²) in [4.78, 5) is 11.2. The van der Waals surface area contributed by atoms with E-state index in [2.05, 4.69) is 5.32 Å². The van der Waals surface area contributed by atoms with Gasteiger partial charge in [0, 0.05) is 29.7 Å². The highest BCUT2D eigenvalue weighted by molar-refractivity contribution is 8.13. The van der Waals surface area contributed by atoms with Gasteiger partial charge in [-0.25, -0.2) is 4.39 Å². The zero-order chi connectivity index (χ0) is 18.0. The van der Waals surface area contributed by atoms with E-state index < -0.39 is 17.9 Å². The van der Waals surface area contributed by atoms with Crippen LogP contribution in [-0.4, -0.2) is 30.1 Å². The van der Waals surface area contributed by atoms with Crippen molar-refractivity contribution in [2.45, 2.75) is 32.6 Å². The first kappa shape index (κ1) is 18.2. The molecule has 0 spiro atoms. The number of hydrogen-bond acceptors (Lipinski definition) is 6. The van der Waals surface area contributed by atoms with Gasteiger partial charge in [-0.2, -0.15) is 4.39 Å². The zero-order valence-electron chi connectivity index (χ0n) is 13.9. The van der Waals surface area contributed by atoms with Crippen LogP contribution in [0.25, 0.3) is 11.0 Å². The predicted octanol–water partition coefficient (Wildman–Crippen LogP) is 4.23. The van der Waals surface area contributed by atoms with E-state index >= 15 is 0 Å². The van der Waals surface area contributed by atoms with Crippen molar-refractivity contribution in [2.75, 3.05) is 24.3 Å². The number of hydrogen-bond donors (Lipinski definition) is 1. The van der Waals surface area contributed by atoms with Gasteiger partial charge in [-0.15, -0.1) is 0 Å². The molecule has 3 rings (SSSR count). The van der Waals surface area contributed by atoms with E-state index in [1.54, 1.807) is 0 Å². The minimum atomic E-state index is -1.06. The summed E-state index contributed by atoms with van der Waals surface area (Å²) >= 11 is 1.21. The number of furan rings is 1. The van der Waals surface area contributed by atoms with Gasteiger partial charge in [-0.3, -0.25) is 4.79 Å². The topological polar surface area (TPSA) is 60.7 Å². The second kappa shape index (κ2) is 7.72. The Labute approximate surface area is 148 Å². The van der Waals surface area contributed by atoms with Crippen LogP contribution in [0.5, 0.6) is 0 Å². The molecule has 0 unspecified atom stereocenters. The van der Waals surface area contributed by atoms with Crippen LogP contribution in [0.3, 0.4) is 0 Å². The lowest BCUT2D eigenvalue weighted by atomic mass is 10.1. The largest absolute Gasteiger partial charge is 0.459 e. The lowest BCUT2D eigenvalue weighted by Crippen LogP contribution is -2.21. The van der Waals surface area contributed by atoms with Gasteiger partial charge < -0.3 is 19.2 Å². The fourth-order valence-corrected chi connectivity index (χ4v) is 3.40. The van der Waals surface area contributed by atoms with Crippen LogP contribution >= 0.6 is 11.8 Å². The number of carbonyl (C=O) groups is 1. The van der Waals surface area contributed by atoms with Crippen LogP contribution in [-0.2, 0) is 14.3 Å². The quantitative estimate of drug-likeness (QED) is 0.820. The summed E-state index contributed by atoms with van der Waals surface area (Å²) in [6.45, 7) is 4.16. The number of ether oxygens (including phenoxy) is 2. The van der Waals surface area contributed by atoms with Gasteiger partial charge in [0.05, 0.1) is 18.9 Å². The molecule has 0 amide bonds. The molecule has 1 aliphatic heterocycles. The van der Waals surface area contributed by atoms with Crippen molar-refractivity contribution < 1.29 is 27.5 Å². The second-order valence-corrected chi connectivity index (χ2v) is 6.94. The average Bonchev–Trinajstić information content (AvgIpc) is 3.24. The number of fused-ring (bicyclic) bond motifs is 1. The highest BCUT2D eigenvalue weighted by atomic mass is 32.2. The maximum Gasteiger partial charge on any atom is 0.202 e. The van der Waals surface area contributed by atoms with Crippen molar-refractivity contribution in [3.05, 3.63) is 29.5 Å². The lowest BCUT2D eigenvalue weighted by molar-refractivity contribution is -0.109. The maximum atomic E-state index is 14.3. The van der Waals surface area contributed by atoms with Crippen molar-refractivity contribution >= 4 is 33.5 Å². The predicted molar refractivity (Wildman–Crippen MR) is 91.6 cm³/mol. The molecule has 0 aliphatic carbocycles. The molecule has 1 aromatic carbocycles. The number of benzene rings is 1. The standard InChI is InChI=1S/C17H19F2NO4S/c1-3-10(8-25-9(2)21)20-13-7-24-16-11(13)6-12(14(18)15(16)19)17-22-4-5-23-17/h6-7,10,17,20H,3-5,8H2,1-2H3/t10-/m1/s1. The van der Waals surface area contributed by atoms with Gasteiger partial charge in [-0.1, -0.05) is 18.7 Å². The SMILES string of the molecule is CC[C@H](CSC(C)=O)Nc1coc2c(F)c(F)c(C3OCCO3)cc12. The van der Waals surface area contributed by atoms with E-state index in [1.165, 1.54) is 31.0 Å². The van der Waals surface area contributed by atoms with Gasteiger partial charge in [0.15, 0.2) is 22.8 Å². The van der Waals surface area contributed by atoms with Gasteiger partial charge in [0.1, 0.15) is 6.26 Å². The first-order valence-corrected chi connectivity index (χ1v) is 9.02. The molecule has 1 saturated heterocycles. The molecule has 0 radical (unpaired) electrons. The summed E-state index contributed by atoms with van der Waals surface area (Å²) in [6, 6.07) is 1.48. The molecular formula is C17H19F2NO4S. The number of rotatable bonds is 6. The molecule has 136 valence electrons. The van der Waals surface area contributed by atoms with Crippen LogP contribution in [0.1, 0.15) is 32.1 Å². The second-order valence-electron chi connectivity index (χ2n) is 5.75. The Hall–Kier alpha value is -1.64. The lowest BCUT2D eigenvalue weighted by Gasteiger charge is -2.16. The molecular weight excluding hydrogens is 352 g/mol. The van der Waals surface area contributed by atoms with E-state index in [0.717, 1.165) is 6.42 Å². The molecule has 1 aromatic heterocycles. The van der Waals surface area contributed by atoms with Gasteiger partial charge in [-0.05, 0) is 12.5 Å². The summed E-state index contributed by atoms with van der Waals surface area (Å²) in [6.07, 6.45) is 1.20. The van der Waals surface area contributed by atoms with E-state index in [4.69, 9.17) is 13.9 Å². The Kier molecular flexibility index (Phi) is 5.61. The molecule has 25 heavy (non-hydrogen) atoms. The van der Waals surface area contributed by atoms with Crippen LogP contribution < -0.4 is 5.32 Å². The van der Waals surface area contributed by atoms with Gasteiger partial charge >= 0.3 is 0 Å². The number of nitrogens with one attached hydrogen (secondary N) is 1. The van der Waals surface area contributed by atoms with Crippen LogP contribution in [0.2, 0.25) is 0 Å². The molecule has 0 saturated carbocycles. The third-order valence-electron chi connectivity index (χ3n) is 3.99. The fourth-order valence-electron chi connectivity index (χ4n) is 2.65. The first-order valence-electron chi connectivity index (χ1n) is 8.03. The van der Waals surface area contributed by atoms with Crippen molar-refractivity contribution in [3.63, 3.8) is 0 Å². The number of thioether (sulfide) groups is 1. The highest BCUT2D eigenvalue weighted by Gasteiger charge is 2.27. The van der Waals surface area contributed by atoms with E-state index in [-0.39, 0.29) is 22.3 Å². The third-order valence-corrected chi connectivity index (χ3v) is 4.97. The number of anilines is 1. The first-order chi connectivity index (χ1) is 12.0. The van der Waals surface area contributed by atoms with Crippen molar-refractivity contribution in [1.29, 1.82) is 0 Å². The maximum absolute atomic E-state index is 14.3. The molecule has 2 aromatic rings. The minimum absolute atomic E-state index is 0.00903. The molecule has 1 aliphatic rings. The van der Waals surface area contributed by atoms with Crippen molar-refractivity contribution in [2.24, 2.45) is 0 Å². The Bertz CT molecular complexity index is 774. The Morgan fingerprint density at radius 3 is 2.72 bits per heavy atom. The molecule has 2 heterocycles. The fraction of sp³-hybridized carbons (Fsp3) is 0.471. The Morgan fingerprint density at radius 1 is 1.36 bits per heavy atom. The summed E-state index contributed by atoms with van der Waals surface area (Å²) in [5.41, 5.74) is 0.401. The Balaban J connectivity index is 1.92. The van der Waals surface area contributed by atoms with E-state index in [0.29, 0.717) is 30.0 Å². The molecule has 5 nitrogen and oxygen atoms in total. The average molecular weight is 371 g/mol. The van der Waals surface area contributed by atoms with Crippen LogP contribution in [0.15, 0.2) is 16.7 Å². The third kappa shape index (κ3) is 3.80. The molecule has 1 N–H and O–H groups in total. The normalized spacial score (nSPS) is 16.5. The summed E-state index contributed by atoms with van der Waals surface area (Å²) in [5, 5.41) is 3.68. The Morgan fingerprint density at radius 2 is 2.08 bits per heavy atom. The molecule has 1 atom stereocenters. The number of halogens is 2. The molecule has 1 fully saturated rings. The van der Waals surface area contributed by atoms with Crippen molar-refractivity contribution in [3.8, 4) is 0 Å². The number of carbonyl (C=O) groups excluding carboxylic acids is 1. The summed E-state index contributed by atoms with van der Waals surface area (Å²) in [7, 11) is 0. The highest BCUT2D eigenvalue weighted by Crippen LogP contribution is 2.36. The summed E-state index contributed by atoms with van der Waals surface area (Å²) < 4.78 is 44.4. The van der Waals surface area contributed by atoms with Gasteiger partial charge in [0.2, 0.25) is 5.82 Å².